The van der Waals surface area contributed by atoms with Gasteiger partial charge in [-0.25, -0.2) is 9.18 Å². The molecule has 1 saturated heterocycles. The third-order valence-corrected chi connectivity index (χ3v) is 2.77. The maximum absolute atomic E-state index is 14.0. The summed E-state index contributed by atoms with van der Waals surface area (Å²) in [7, 11) is 1.20. The summed E-state index contributed by atoms with van der Waals surface area (Å²) in [6.07, 6.45) is -0.193. The average Bonchev–Trinajstić information content (AvgIpc) is 2.31. The SMILES string of the molecule is CCOC(C)ON1CCC(F)(C(=O)OC)CC1. The third-order valence-electron chi connectivity index (χ3n) is 2.77. The zero-order valence-corrected chi connectivity index (χ0v) is 10.6. The Balaban J connectivity index is 2.37. The summed E-state index contributed by atoms with van der Waals surface area (Å²) in [6.45, 7) is 4.91. The van der Waals surface area contributed by atoms with Crippen LogP contribution in [0.2, 0.25) is 0 Å². The molecule has 100 valence electrons. The van der Waals surface area contributed by atoms with Crippen LogP contribution in [-0.2, 0) is 19.1 Å². The lowest BCUT2D eigenvalue weighted by Gasteiger charge is -2.34. The first kappa shape index (κ1) is 14.3. The number of esters is 1. The lowest BCUT2D eigenvalue weighted by Crippen LogP contribution is -2.47. The number of carbonyl (C=O) groups is 1. The molecule has 0 aromatic carbocycles. The minimum atomic E-state index is -1.87. The zero-order valence-electron chi connectivity index (χ0n) is 10.6. The van der Waals surface area contributed by atoms with Crippen LogP contribution in [0.5, 0.6) is 0 Å². The van der Waals surface area contributed by atoms with Gasteiger partial charge in [-0.2, -0.15) is 5.06 Å². The largest absolute Gasteiger partial charge is 0.467 e. The summed E-state index contributed by atoms with van der Waals surface area (Å²) in [6, 6.07) is 0. The average molecular weight is 249 g/mol. The highest BCUT2D eigenvalue weighted by Crippen LogP contribution is 2.28. The van der Waals surface area contributed by atoms with Crippen LogP contribution in [0.3, 0.4) is 0 Å². The molecule has 6 heteroatoms. The number of methoxy groups -OCH3 is 1. The molecule has 1 heterocycles. The standard InChI is InChI=1S/C11H20FNO4/c1-4-16-9(2)17-13-7-5-11(12,6-8-13)10(14)15-3/h9H,4-8H2,1-3H3. The molecular weight excluding hydrogens is 229 g/mol. The van der Waals surface area contributed by atoms with Gasteiger partial charge in [-0.3, -0.25) is 4.84 Å². The second kappa shape index (κ2) is 6.28. The van der Waals surface area contributed by atoms with Crippen LogP contribution in [0.15, 0.2) is 0 Å². The van der Waals surface area contributed by atoms with Crippen molar-refractivity contribution in [1.82, 2.24) is 5.06 Å². The Labute approximate surface area is 101 Å². The van der Waals surface area contributed by atoms with Gasteiger partial charge in [-0.1, -0.05) is 0 Å². The molecule has 0 amide bonds. The molecule has 0 aromatic heterocycles. The molecule has 0 radical (unpaired) electrons. The number of carbonyl (C=O) groups excluding carboxylic acids is 1. The van der Waals surface area contributed by atoms with E-state index in [1.165, 1.54) is 7.11 Å². The molecule has 0 aromatic rings. The van der Waals surface area contributed by atoms with E-state index < -0.39 is 11.6 Å². The number of hydrogen-bond acceptors (Lipinski definition) is 5. The quantitative estimate of drug-likeness (QED) is 0.542. The number of halogens is 1. The first-order valence-electron chi connectivity index (χ1n) is 5.82. The van der Waals surface area contributed by atoms with Crippen LogP contribution >= 0.6 is 0 Å². The summed E-state index contributed by atoms with van der Waals surface area (Å²) < 4.78 is 23.7. The molecule has 17 heavy (non-hydrogen) atoms. The minimum absolute atomic E-state index is 0.0819. The van der Waals surface area contributed by atoms with Crippen LogP contribution in [0.25, 0.3) is 0 Å². The molecule has 0 N–H and O–H groups in total. The Morgan fingerprint density at radius 1 is 1.47 bits per heavy atom. The van der Waals surface area contributed by atoms with Gasteiger partial charge in [0.15, 0.2) is 6.29 Å². The highest BCUT2D eigenvalue weighted by molar-refractivity contribution is 5.79. The molecule has 1 fully saturated rings. The van der Waals surface area contributed by atoms with Gasteiger partial charge in [0.1, 0.15) is 0 Å². The van der Waals surface area contributed by atoms with Crippen LogP contribution < -0.4 is 0 Å². The van der Waals surface area contributed by atoms with Crippen molar-refractivity contribution in [3.8, 4) is 0 Å². The van der Waals surface area contributed by atoms with Gasteiger partial charge >= 0.3 is 5.97 Å². The highest BCUT2D eigenvalue weighted by Gasteiger charge is 2.43. The van der Waals surface area contributed by atoms with Crippen molar-refractivity contribution >= 4 is 5.97 Å². The second-order valence-corrected chi connectivity index (χ2v) is 4.01. The second-order valence-electron chi connectivity index (χ2n) is 4.01. The topological polar surface area (TPSA) is 48.0 Å². The minimum Gasteiger partial charge on any atom is -0.467 e. The van der Waals surface area contributed by atoms with Crippen LogP contribution in [-0.4, -0.2) is 49.8 Å². The van der Waals surface area contributed by atoms with E-state index in [1.54, 1.807) is 12.0 Å². The number of ether oxygens (including phenoxy) is 2. The summed E-state index contributed by atoms with van der Waals surface area (Å²) in [5.41, 5.74) is -1.87. The van der Waals surface area contributed by atoms with Crippen molar-refractivity contribution < 1.29 is 23.5 Å². The Bertz CT molecular complexity index is 254. The fourth-order valence-corrected chi connectivity index (χ4v) is 1.81. The lowest BCUT2D eigenvalue weighted by molar-refractivity contribution is -0.283. The molecule has 1 rings (SSSR count). The predicted octanol–water partition coefficient (Wildman–Crippen LogP) is 1.28. The van der Waals surface area contributed by atoms with Crippen molar-refractivity contribution in [1.29, 1.82) is 0 Å². The van der Waals surface area contributed by atoms with Gasteiger partial charge in [0.05, 0.1) is 7.11 Å². The van der Waals surface area contributed by atoms with E-state index in [1.807, 2.05) is 6.92 Å². The first-order valence-corrected chi connectivity index (χ1v) is 5.82. The fraction of sp³-hybridized carbons (Fsp3) is 0.909. The Kier molecular flexibility index (Phi) is 5.30. The molecule has 1 unspecified atom stereocenters. The number of hydrogen-bond donors (Lipinski definition) is 0. The number of alkyl halides is 1. The van der Waals surface area contributed by atoms with E-state index in [4.69, 9.17) is 9.57 Å². The van der Waals surface area contributed by atoms with Gasteiger partial charge in [-0.05, 0) is 13.8 Å². The molecule has 1 atom stereocenters. The van der Waals surface area contributed by atoms with E-state index in [0.717, 1.165) is 0 Å². The number of hydroxylamine groups is 2. The van der Waals surface area contributed by atoms with Crippen molar-refractivity contribution in [3.63, 3.8) is 0 Å². The maximum atomic E-state index is 14.0. The summed E-state index contributed by atoms with van der Waals surface area (Å²) in [5, 5.41) is 1.63. The fourth-order valence-electron chi connectivity index (χ4n) is 1.81. The molecule has 5 nitrogen and oxygen atoms in total. The van der Waals surface area contributed by atoms with E-state index in [2.05, 4.69) is 4.74 Å². The van der Waals surface area contributed by atoms with Crippen molar-refractivity contribution in [2.45, 2.75) is 38.6 Å². The highest BCUT2D eigenvalue weighted by atomic mass is 19.1. The zero-order chi connectivity index (χ0) is 12.9. The van der Waals surface area contributed by atoms with E-state index in [-0.39, 0.29) is 19.1 Å². The summed E-state index contributed by atoms with van der Waals surface area (Å²) in [4.78, 5) is 16.7. The molecule has 1 aliphatic rings. The van der Waals surface area contributed by atoms with E-state index in [9.17, 15) is 9.18 Å². The lowest BCUT2D eigenvalue weighted by atomic mass is 9.94. The molecule has 0 bridgehead atoms. The number of rotatable bonds is 5. The Morgan fingerprint density at radius 2 is 2.06 bits per heavy atom. The maximum Gasteiger partial charge on any atom is 0.343 e. The predicted molar refractivity (Wildman–Crippen MR) is 58.8 cm³/mol. The van der Waals surface area contributed by atoms with Crippen molar-refractivity contribution in [3.05, 3.63) is 0 Å². The van der Waals surface area contributed by atoms with Gasteiger partial charge in [0, 0.05) is 32.5 Å². The van der Waals surface area contributed by atoms with Crippen LogP contribution in [0.1, 0.15) is 26.7 Å². The normalized spacial score (nSPS) is 22.1. The summed E-state index contributed by atoms with van der Waals surface area (Å²) >= 11 is 0. The molecule has 0 aliphatic carbocycles. The van der Waals surface area contributed by atoms with Crippen LogP contribution in [0.4, 0.5) is 4.39 Å². The Hall–Kier alpha value is -0.720. The van der Waals surface area contributed by atoms with Gasteiger partial charge in [-0.15, -0.1) is 0 Å². The van der Waals surface area contributed by atoms with Gasteiger partial charge in [0.25, 0.3) is 0 Å². The van der Waals surface area contributed by atoms with Gasteiger partial charge in [0.2, 0.25) is 5.67 Å². The monoisotopic (exact) mass is 249 g/mol. The number of piperidine rings is 1. The first-order chi connectivity index (χ1) is 8.01. The van der Waals surface area contributed by atoms with E-state index >= 15 is 0 Å². The molecule has 0 spiro atoms. The molecular formula is C11H20FNO4. The van der Waals surface area contributed by atoms with E-state index in [0.29, 0.717) is 19.7 Å². The summed E-state index contributed by atoms with van der Waals surface area (Å²) in [5.74, 6) is -0.796. The third kappa shape index (κ3) is 3.90. The Morgan fingerprint density at radius 3 is 2.53 bits per heavy atom. The molecule has 1 aliphatic heterocycles. The smallest absolute Gasteiger partial charge is 0.343 e. The van der Waals surface area contributed by atoms with Crippen LogP contribution in [0, 0.1) is 0 Å². The molecule has 0 saturated carbocycles. The van der Waals surface area contributed by atoms with Crippen molar-refractivity contribution in [2.75, 3.05) is 26.8 Å². The van der Waals surface area contributed by atoms with Gasteiger partial charge < -0.3 is 9.47 Å². The van der Waals surface area contributed by atoms with Crippen molar-refractivity contribution in [2.24, 2.45) is 0 Å². The number of nitrogens with zero attached hydrogens (tertiary/aromatic N) is 1.